The molecule has 0 aromatic heterocycles. The van der Waals surface area contributed by atoms with Gasteiger partial charge in [-0.2, -0.15) is 0 Å². The molecule has 4 aromatic rings. The summed E-state index contributed by atoms with van der Waals surface area (Å²) in [6, 6.07) is 13.6. The Morgan fingerprint density at radius 2 is 1.13 bits per heavy atom. The van der Waals surface area contributed by atoms with Crippen molar-refractivity contribution in [3.63, 3.8) is 0 Å². The Kier molecular flexibility index (Phi) is 10.4. The second-order valence-corrected chi connectivity index (χ2v) is 12.0. The zero-order chi connectivity index (χ0) is 37.9. The lowest BCUT2D eigenvalue weighted by Gasteiger charge is -2.23. The SMILES string of the molecule is O=C(C=Cc1ccc(O)c2c1[C@@H](C(=O)O[C@H](Cc1ccc(O)c(O)c1)C(=O)O)[C@@H](c1ccc(O)c(O)c1)C2)O[C@H](Cc1ccc(O)c(O)c1)C(=O)O. The third-order valence-electron chi connectivity index (χ3n) is 8.57. The fourth-order valence-electron chi connectivity index (χ4n) is 6.03. The van der Waals surface area contributed by atoms with Crippen LogP contribution in [0.1, 0.15) is 45.2 Å². The average molecular weight is 717 g/mol. The minimum Gasteiger partial charge on any atom is -0.508 e. The summed E-state index contributed by atoms with van der Waals surface area (Å²) in [7, 11) is 0. The fraction of sp³-hybridized carbons (Fsp3) is 0.189. The molecule has 15 heteroatoms. The summed E-state index contributed by atoms with van der Waals surface area (Å²) in [4.78, 5) is 51.0. The first kappa shape index (κ1) is 36.4. The lowest BCUT2D eigenvalue weighted by atomic mass is 9.85. The Balaban J connectivity index is 1.47. The van der Waals surface area contributed by atoms with Crippen molar-refractivity contribution in [2.24, 2.45) is 0 Å². The molecule has 270 valence electrons. The number of hydrogen-bond donors (Lipinski definition) is 9. The highest BCUT2D eigenvalue weighted by atomic mass is 16.6. The van der Waals surface area contributed by atoms with Gasteiger partial charge in [-0.25, -0.2) is 14.4 Å². The van der Waals surface area contributed by atoms with Crippen LogP contribution < -0.4 is 0 Å². The van der Waals surface area contributed by atoms with E-state index >= 15 is 0 Å². The number of carbonyl (C=O) groups is 4. The van der Waals surface area contributed by atoms with Crippen LogP contribution in [-0.4, -0.2) is 82.0 Å². The largest absolute Gasteiger partial charge is 0.508 e. The molecule has 4 aromatic carbocycles. The summed E-state index contributed by atoms with van der Waals surface area (Å²) in [5, 5.41) is 89.4. The highest BCUT2D eigenvalue weighted by molar-refractivity contribution is 5.91. The second-order valence-electron chi connectivity index (χ2n) is 12.0. The van der Waals surface area contributed by atoms with E-state index in [0.717, 1.165) is 30.3 Å². The normalized spacial score (nSPS) is 16.2. The van der Waals surface area contributed by atoms with Crippen LogP contribution in [0.5, 0.6) is 40.2 Å². The number of benzene rings is 4. The molecule has 0 saturated heterocycles. The maximum Gasteiger partial charge on any atom is 0.345 e. The van der Waals surface area contributed by atoms with Crippen molar-refractivity contribution in [2.75, 3.05) is 0 Å². The van der Waals surface area contributed by atoms with Crippen molar-refractivity contribution in [1.82, 2.24) is 0 Å². The van der Waals surface area contributed by atoms with Gasteiger partial charge < -0.3 is 55.4 Å². The minimum absolute atomic E-state index is 0.0403. The van der Waals surface area contributed by atoms with Crippen LogP contribution in [0.3, 0.4) is 0 Å². The van der Waals surface area contributed by atoms with Gasteiger partial charge in [-0.3, -0.25) is 4.79 Å². The van der Waals surface area contributed by atoms with E-state index < -0.39 is 88.8 Å². The van der Waals surface area contributed by atoms with Crippen molar-refractivity contribution in [1.29, 1.82) is 0 Å². The number of fused-ring (bicyclic) bond motifs is 1. The van der Waals surface area contributed by atoms with Crippen LogP contribution in [-0.2, 0) is 47.9 Å². The molecule has 0 bridgehead atoms. The molecule has 0 aliphatic heterocycles. The number of phenolic OH excluding ortho intramolecular Hbond substituents is 7. The molecule has 0 radical (unpaired) electrons. The first-order chi connectivity index (χ1) is 24.6. The molecule has 9 N–H and O–H groups in total. The van der Waals surface area contributed by atoms with E-state index in [1.54, 1.807) is 0 Å². The van der Waals surface area contributed by atoms with Gasteiger partial charge in [0.1, 0.15) is 5.75 Å². The molecule has 15 nitrogen and oxygen atoms in total. The monoisotopic (exact) mass is 716 g/mol. The van der Waals surface area contributed by atoms with Gasteiger partial charge in [-0.05, 0) is 88.3 Å². The van der Waals surface area contributed by atoms with Crippen molar-refractivity contribution in [3.8, 4) is 40.2 Å². The van der Waals surface area contributed by atoms with Gasteiger partial charge in [-0.15, -0.1) is 0 Å². The fourth-order valence-corrected chi connectivity index (χ4v) is 6.03. The minimum atomic E-state index is -1.79. The number of phenols is 7. The highest BCUT2D eigenvalue weighted by Gasteiger charge is 2.44. The third-order valence-corrected chi connectivity index (χ3v) is 8.57. The van der Waals surface area contributed by atoms with Crippen molar-refractivity contribution < 1.29 is 74.6 Å². The first-order valence-electron chi connectivity index (χ1n) is 15.6. The zero-order valence-corrected chi connectivity index (χ0v) is 26.9. The molecular weight excluding hydrogens is 684 g/mol. The Labute approximate surface area is 294 Å². The number of carbonyl (C=O) groups excluding carboxylic acids is 2. The van der Waals surface area contributed by atoms with E-state index in [9.17, 15) is 65.1 Å². The molecule has 1 aliphatic rings. The van der Waals surface area contributed by atoms with Crippen LogP contribution >= 0.6 is 0 Å². The van der Waals surface area contributed by atoms with Crippen LogP contribution in [0.25, 0.3) is 6.08 Å². The van der Waals surface area contributed by atoms with Crippen LogP contribution in [0.15, 0.2) is 72.8 Å². The van der Waals surface area contributed by atoms with Crippen molar-refractivity contribution in [3.05, 3.63) is 106 Å². The van der Waals surface area contributed by atoms with Gasteiger partial charge in [0.15, 0.2) is 34.5 Å². The van der Waals surface area contributed by atoms with Crippen LogP contribution in [0, 0.1) is 0 Å². The third kappa shape index (κ3) is 7.94. The summed E-state index contributed by atoms with van der Waals surface area (Å²) in [6.07, 6.45) is -2.21. The van der Waals surface area contributed by atoms with Crippen molar-refractivity contribution in [2.45, 2.75) is 43.3 Å². The van der Waals surface area contributed by atoms with Crippen molar-refractivity contribution >= 4 is 30.0 Å². The van der Waals surface area contributed by atoms with Gasteiger partial charge in [0, 0.05) is 24.8 Å². The lowest BCUT2D eigenvalue weighted by Crippen LogP contribution is -2.32. The molecule has 0 unspecified atom stereocenters. The predicted octanol–water partition coefficient (Wildman–Crippen LogP) is 3.54. The van der Waals surface area contributed by atoms with E-state index in [2.05, 4.69) is 0 Å². The van der Waals surface area contributed by atoms with Gasteiger partial charge in [0.05, 0.1) is 5.92 Å². The first-order valence-corrected chi connectivity index (χ1v) is 15.6. The maximum absolute atomic E-state index is 14.0. The molecular formula is C37H32O15. The average Bonchev–Trinajstić information content (AvgIpc) is 3.50. The molecule has 0 amide bonds. The number of rotatable bonds is 12. The Morgan fingerprint density at radius 3 is 1.65 bits per heavy atom. The van der Waals surface area contributed by atoms with Gasteiger partial charge >= 0.3 is 23.9 Å². The summed E-state index contributed by atoms with van der Waals surface area (Å²) < 4.78 is 10.6. The highest BCUT2D eigenvalue weighted by Crippen LogP contribution is 2.50. The van der Waals surface area contributed by atoms with Gasteiger partial charge in [0.25, 0.3) is 0 Å². The Bertz CT molecular complexity index is 2090. The van der Waals surface area contributed by atoms with Gasteiger partial charge in [-0.1, -0.05) is 24.3 Å². The summed E-state index contributed by atoms with van der Waals surface area (Å²) in [5.74, 6) is -10.6. The maximum atomic E-state index is 14.0. The van der Waals surface area contributed by atoms with E-state index in [1.165, 1.54) is 48.5 Å². The van der Waals surface area contributed by atoms with E-state index in [0.29, 0.717) is 5.56 Å². The zero-order valence-electron chi connectivity index (χ0n) is 26.9. The second kappa shape index (κ2) is 14.9. The number of esters is 2. The molecule has 5 rings (SSSR count). The Morgan fingerprint density at radius 1 is 0.635 bits per heavy atom. The Hall–Kier alpha value is -6.90. The molecule has 0 heterocycles. The van der Waals surface area contributed by atoms with Gasteiger partial charge in [0.2, 0.25) is 12.2 Å². The molecule has 0 fully saturated rings. The number of aromatic hydroxyl groups is 7. The summed E-state index contributed by atoms with van der Waals surface area (Å²) in [5.41, 5.74) is 1.28. The molecule has 0 saturated carbocycles. The summed E-state index contributed by atoms with van der Waals surface area (Å²) in [6.45, 7) is 0. The molecule has 1 aliphatic carbocycles. The predicted molar refractivity (Wildman–Crippen MR) is 178 cm³/mol. The lowest BCUT2D eigenvalue weighted by molar-refractivity contribution is -0.165. The number of ether oxygens (including phenoxy) is 2. The standard InChI is InChI=1S/C37H32O15/c38-23-8-3-19(5-10-32(45)51-30(35(46)47)13-17-1-6-24(39)27(42)11-17)33-22(23)16-21(20-4-9-26(41)29(44)15-20)34(33)37(50)52-31(36(48)49)14-18-2-7-25(40)28(43)12-18/h1-12,15,21,30-31,34,38-44H,13-14,16H2,(H,46,47)(H,48,49)/t21-,30-,31-,34+/m1/s1. The van der Waals surface area contributed by atoms with E-state index in [1.807, 2.05) is 0 Å². The number of carboxylic acid groups (broad SMARTS) is 2. The molecule has 52 heavy (non-hydrogen) atoms. The molecule has 0 spiro atoms. The van der Waals surface area contributed by atoms with Crippen LogP contribution in [0.2, 0.25) is 0 Å². The quantitative estimate of drug-likeness (QED) is 0.0576. The summed E-state index contributed by atoms with van der Waals surface area (Å²) >= 11 is 0. The number of carboxylic acids is 2. The molecule has 4 atom stereocenters. The number of hydrogen-bond acceptors (Lipinski definition) is 13. The topological polar surface area (TPSA) is 269 Å². The van der Waals surface area contributed by atoms with E-state index in [-0.39, 0.29) is 46.4 Å². The number of aliphatic carboxylic acids is 2. The smallest absolute Gasteiger partial charge is 0.345 e. The van der Waals surface area contributed by atoms with Crippen LogP contribution in [0.4, 0.5) is 0 Å². The van der Waals surface area contributed by atoms with E-state index in [4.69, 9.17) is 9.47 Å².